The topological polar surface area (TPSA) is 69.2 Å². The average molecular weight is 285 g/mol. The largest absolute Gasteiger partial charge is 1.00 e. The summed E-state index contributed by atoms with van der Waals surface area (Å²) in [6.45, 7) is 1.65. The van der Waals surface area contributed by atoms with Crippen molar-refractivity contribution < 1.29 is 42.5 Å². The van der Waals surface area contributed by atoms with Crippen LogP contribution in [0.1, 0.15) is 18.4 Å². The van der Waals surface area contributed by atoms with Crippen LogP contribution in [0.3, 0.4) is 0 Å². The molecule has 0 aliphatic heterocycles. The Morgan fingerprint density at radius 3 is 2.65 bits per heavy atom. The molecule has 0 spiro atoms. The minimum atomic E-state index is -4.03. The molecular weight excluding hydrogens is 269 g/mol. The molecule has 17 heavy (non-hydrogen) atoms. The van der Waals surface area contributed by atoms with Gasteiger partial charge < -0.3 is 9.87 Å². The molecule has 0 bridgehead atoms. The first kappa shape index (κ1) is 17.6. The van der Waals surface area contributed by atoms with Gasteiger partial charge in [-0.05, 0) is 54.7 Å². The van der Waals surface area contributed by atoms with Crippen LogP contribution in [0.25, 0.3) is 0 Å². The summed E-state index contributed by atoms with van der Waals surface area (Å²) in [5.41, 5.74) is 1.32. The summed E-state index contributed by atoms with van der Waals surface area (Å²) in [5.74, 6) is -0.251. The molecule has 1 rings (SSSR count). The van der Waals surface area contributed by atoms with E-state index in [0.29, 0.717) is 6.42 Å². The Morgan fingerprint density at radius 1 is 1.29 bits per heavy atom. The molecule has 1 heterocycles. The standard InChI is InChI=1S/C10H17NO3S2.Na/c12-16(13,14)8-2-1-5-11-6-3-10-4-7-15-9-10;/h4,7,9,11H,1-3,5-6,8H2,(H,12,13,14);/q;+1/p-1. The van der Waals surface area contributed by atoms with Crippen molar-refractivity contribution in [2.75, 3.05) is 18.8 Å². The van der Waals surface area contributed by atoms with Gasteiger partial charge in [0.05, 0.1) is 10.1 Å². The quantitative estimate of drug-likeness (QED) is 0.348. The van der Waals surface area contributed by atoms with Gasteiger partial charge in [0, 0.05) is 5.75 Å². The van der Waals surface area contributed by atoms with Gasteiger partial charge in [-0.15, -0.1) is 0 Å². The summed E-state index contributed by atoms with van der Waals surface area (Å²) in [4.78, 5) is 0. The molecule has 1 aromatic rings. The molecule has 92 valence electrons. The Labute approximate surface area is 129 Å². The monoisotopic (exact) mass is 285 g/mol. The number of thiophene rings is 1. The summed E-state index contributed by atoms with van der Waals surface area (Å²) < 4.78 is 30.9. The van der Waals surface area contributed by atoms with Gasteiger partial charge in [0.1, 0.15) is 0 Å². The van der Waals surface area contributed by atoms with Gasteiger partial charge in [0.15, 0.2) is 0 Å². The number of hydrogen-bond acceptors (Lipinski definition) is 5. The Bertz CT molecular complexity index is 378. The molecule has 0 radical (unpaired) electrons. The van der Waals surface area contributed by atoms with E-state index in [1.54, 1.807) is 11.3 Å². The molecule has 0 saturated heterocycles. The van der Waals surface area contributed by atoms with Gasteiger partial charge in [-0.3, -0.25) is 0 Å². The van der Waals surface area contributed by atoms with Gasteiger partial charge in [-0.25, -0.2) is 8.42 Å². The van der Waals surface area contributed by atoms with Gasteiger partial charge in [-0.2, -0.15) is 11.3 Å². The number of nitrogens with one attached hydrogen (secondary N) is 1. The van der Waals surface area contributed by atoms with Gasteiger partial charge in [0.25, 0.3) is 0 Å². The second kappa shape index (κ2) is 9.49. The van der Waals surface area contributed by atoms with Crippen molar-refractivity contribution in [3.8, 4) is 0 Å². The first-order valence-corrected chi connectivity index (χ1v) is 7.75. The SMILES string of the molecule is O=S(=O)([O-])CCCCNCCc1ccsc1.[Na+]. The molecule has 0 aromatic carbocycles. The molecule has 0 atom stereocenters. The fraction of sp³-hybridized carbons (Fsp3) is 0.600. The Hall–Kier alpha value is 0.570. The van der Waals surface area contributed by atoms with Crippen LogP contribution in [0, 0.1) is 0 Å². The molecule has 0 saturated carbocycles. The molecule has 7 heteroatoms. The first-order valence-electron chi connectivity index (χ1n) is 5.23. The van der Waals surface area contributed by atoms with E-state index in [9.17, 15) is 13.0 Å². The Kier molecular flexibility index (Phi) is 9.81. The zero-order chi connectivity index (χ0) is 11.9. The van der Waals surface area contributed by atoms with Gasteiger partial charge >= 0.3 is 29.6 Å². The zero-order valence-corrected chi connectivity index (χ0v) is 13.6. The third kappa shape index (κ3) is 10.2. The predicted molar refractivity (Wildman–Crippen MR) is 64.7 cm³/mol. The maximum Gasteiger partial charge on any atom is 1.00 e. The molecular formula is C10H16NNaO3S2. The van der Waals surface area contributed by atoms with Crippen LogP contribution in [-0.2, 0) is 16.5 Å². The van der Waals surface area contributed by atoms with Crippen LogP contribution in [0.2, 0.25) is 0 Å². The van der Waals surface area contributed by atoms with E-state index < -0.39 is 10.1 Å². The molecule has 4 nitrogen and oxygen atoms in total. The molecule has 0 fully saturated rings. The maximum absolute atomic E-state index is 10.3. The third-order valence-corrected chi connectivity index (χ3v) is 3.69. The van der Waals surface area contributed by atoms with E-state index in [2.05, 4.69) is 22.1 Å². The molecule has 1 N–H and O–H groups in total. The first-order chi connectivity index (χ1) is 7.58. The van der Waals surface area contributed by atoms with Crippen molar-refractivity contribution in [2.45, 2.75) is 19.3 Å². The molecule has 1 aromatic heterocycles. The maximum atomic E-state index is 10.3. The van der Waals surface area contributed by atoms with Crippen molar-refractivity contribution in [3.63, 3.8) is 0 Å². The van der Waals surface area contributed by atoms with Crippen LogP contribution < -0.4 is 34.9 Å². The minimum absolute atomic E-state index is 0. The number of rotatable bonds is 8. The second-order valence-corrected chi connectivity index (χ2v) is 5.90. The van der Waals surface area contributed by atoms with E-state index in [4.69, 9.17) is 0 Å². The van der Waals surface area contributed by atoms with Crippen LogP contribution in [0.5, 0.6) is 0 Å². The molecule has 0 aliphatic rings. The van der Waals surface area contributed by atoms with E-state index in [1.807, 2.05) is 0 Å². The van der Waals surface area contributed by atoms with Crippen LogP contribution in [0.4, 0.5) is 0 Å². The van der Waals surface area contributed by atoms with E-state index in [1.165, 1.54) is 5.56 Å². The minimum Gasteiger partial charge on any atom is -0.748 e. The van der Waals surface area contributed by atoms with Crippen LogP contribution in [0.15, 0.2) is 16.8 Å². The summed E-state index contributed by atoms with van der Waals surface area (Å²) in [6.07, 6.45) is 2.16. The van der Waals surface area contributed by atoms with E-state index in [0.717, 1.165) is 25.9 Å². The summed E-state index contributed by atoms with van der Waals surface area (Å²) in [5, 5.41) is 7.38. The van der Waals surface area contributed by atoms with Gasteiger partial charge in [0.2, 0.25) is 0 Å². The average Bonchev–Trinajstić information content (AvgIpc) is 2.67. The molecule has 0 aliphatic carbocycles. The number of unbranched alkanes of at least 4 members (excludes halogenated alkanes) is 1. The Morgan fingerprint density at radius 2 is 2.06 bits per heavy atom. The smallest absolute Gasteiger partial charge is 0.748 e. The van der Waals surface area contributed by atoms with Crippen LogP contribution in [-0.4, -0.2) is 31.8 Å². The van der Waals surface area contributed by atoms with Crippen molar-refractivity contribution in [1.29, 1.82) is 0 Å². The zero-order valence-electron chi connectivity index (χ0n) is 10.0. The normalized spacial score (nSPS) is 11.1. The Balaban J connectivity index is 0.00000256. The molecule has 0 unspecified atom stereocenters. The third-order valence-electron chi connectivity index (χ3n) is 2.17. The predicted octanol–water partition coefficient (Wildman–Crippen LogP) is -1.79. The number of hydrogen-bond donors (Lipinski definition) is 1. The fourth-order valence-electron chi connectivity index (χ4n) is 1.32. The van der Waals surface area contributed by atoms with Crippen molar-refractivity contribution in [1.82, 2.24) is 5.32 Å². The summed E-state index contributed by atoms with van der Waals surface area (Å²) in [6, 6.07) is 2.09. The van der Waals surface area contributed by atoms with Crippen molar-refractivity contribution in [3.05, 3.63) is 22.4 Å². The van der Waals surface area contributed by atoms with Crippen molar-refractivity contribution in [2.24, 2.45) is 0 Å². The summed E-state index contributed by atoms with van der Waals surface area (Å²) >= 11 is 1.69. The van der Waals surface area contributed by atoms with Gasteiger partial charge in [-0.1, -0.05) is 0 Å². The summed E-state index contributed by atoms with van der Waals surface area (Å²) in [7, 11) is -4.03. The van der Waals surface area contributed by atoms with Crippen LogP contribution >= 0.6 is 11.3 Å². The van der Waals surface area contributed by atoms with Crippen molar-refractivity contribution >= 4 is 21.5 Å². The molecule has 0 amide bonds. The second-order valence-electron chi connectivity index (χ2n) is 3.60. The van der Waals surface area contributed by atoms with E-state index >= 15 is 0 Å². The fourth-order valence-corrected chi connectivity index (χ4v) is 2.58. The van der Waals surface area contributed by atoms with E-state index in [-0.39, 0.29) is 35.3 Å².